The normalized spacial score (nSPS) is 38.6. The first kappa shape index (κ1) is 12.9. The van der Waals surface area contributed by atoms with Crippen LogP contribution in [0.2, 0.25) is 0 Å². The van der Waals surface area contributed by atoms with E-state index >= 15 is 0 Å². The molecule has 2 rings (SSSR count). The SMILES string of the molecule is CCCC1CCC([C@H]2CC[C@H](C#N)CC2)CC1. The van der Waals surface area contributed by atoms with E-state index in [0.717, 1.165) is 17.8 Å². The highest BCUT2D eigenvalue weighted by molar-refractivity contribution is 4.89. The average Bonchev–Trinajstić information content (AvgIpc) is 2.40. The van der Waals surface area contributed by atoms with E-state index in [4.69, 9.17) is 5.26 Å². The van der Waals surface area contributed by atoms with Crippen molar-refractivity contribution >= 4 is 0 Å². The highest BCUT2D eigenvalue weighted by Gasteiger charge is 2.30. The molecule has 0 unspecified atom stereocenters. The van der Waals surface area contributed by atoms with Gasteiger partial charge in [0.1, 0.15) is 0 Å². The Hall–Kier alpha value is -0.510. The lowest BCUT2D eigenvalue weighted by atomic mass is 9.69. The molecule has 0 aromatic carbocycles. The number of hydrogen-bond donors (Lipinski definition) is 0. The van der Waals surface area contributed by atoms with Gasteiger partial charge in [-0.15, -0.1) is 0 Å². The molecule has 0 aromatic rings. The van der Waals surface area contributed by atoms with E-state index in [1.165, 1.54) is 64.2 Å². The fourth-order valence-electron chi connectivity index (χ4n) is 4.08. The summed E-state index contributed by atoms with van der Waals surface area (Å²) in [7, 11) is 0. The van der Waals surface area contributed by atoms with Gasteiger partial charge in [0.05, 0.1) is 6.07 Å². The quantitative estimate of drug-likeness (QED) is 0.678. The summed E-state index contributed by atoms with van der Waals surface area (Å²) in [6.45, 7) is 2.31. The second-order valence-electron chi connectivity index (χ2n) is 6.31. The summed E-state index contributed by atoms with van der Waals surface area (Å²) in [5.41, 5.74) is 0. The first-order valence-electron chi connectivity index (χ1n) is 7.73. The fraction of sp³-hybridized carbons (Fsp3) is 0.938. The molecule has 0 heterocycles. The third-order valence-electron chi connectivity index (χ3n) is 5.21. The molecule has 1 nitrogen and oxygen atoms in total. The van der Waals surface area contributed by atoms with Gasteiger partial charge in [0.2, 0.25) is 0 Å². The molecule has 0 aliphatic heterocycles. The molecular weight excluding hydrogens is 206 g/mol. The largest absolute Gasteiger partial charge is 0.198 e. The zero-order valence-corrected chi connectivity index (χ0v) is 11.3. The molecule has 0 spiro atoms. The Labute approximate surface area is 107 Å². The molecule has 2 aliphatic carbocycles. The molecular formula is C16H27N. The highest BCUT2D eigenvalue weighted by Crippen LogP contribution is 2.41. The molecule has 0 amide bonds. The van der Waals surface area contributed by atoms with Crippen LogP contribution in [0, 0.1) is 35.0 Å². The molecule has 0 bridgehead atoms. The Balaban J connectivity index is 1.72. The van der Waals surface area contributed by atoms with Crippen molar-refractivity contribution in [3.8, 4) is 6.07 Å². The van der Waals surface area contributed by atoms with E-state index in [1.807, 2.05) is 0 Å². The van der Waals surface area contributed by atoms with Crippen molar-refractivity contribution in [2.24, 2.45) is 23.7 Å². The molecule has 2 fully saturated rings. The van der Waals surface area contributed by atoms with E-state index < -0.39 is 0 Å². The van der Waals surface area contributed by atoms with Gasteiger partial charge in [-0.25, -0.2) is 0 Å². The third-order valence-corrected chi connectivity index (χ3v) is 5.21. The van der Waals surface area contributed by atoms with E-state index in [-0.39, 0.29) is 0 Å². The lowest BCUT2D eigenvalue weighted by molar-refractivity contribution is 0.153. The van der Waals surface area contributed by atoms with Crippen molar-refractivity contribution in [1.29, 1.82) is 5.26 Å². The summed E-state index contributed by atoms with van der Waals surface area (Å²) in [6, 6.07) is 2.45. The van der Waals surface area contributed by atoms with Crippen molar-refractivity contribution in [1.82, 2.24) is 0 Å². The average molecular weight is 233 g/mol. The van der Waals surface area contributed by atoms with Gasteiger partial charge in [-0.2, -0.15) is 5.26 Å². The van der Waals surface area contributed by atoms with E-state index in [1.54, 1.807) is 0 Å². The minimum atomic E-state index is 0.377. The van der Waals surface area contributed by atoms with Crippen molar-refractivity contribution in [2.45, 2.75) is 71.1 Å². The number of rotatable bonds is 3. The van der Waals surface area contributed by atoms with Gasteiger partial charge in [0, 0.05) is 5.92 Å². The number of nitriles is 1. The Morgan fingerprint density at radius 3 is 1.88 bits per heavy atom. The van der Waals surface area contributed by atoms with Crippen LogP contribution in [0.15, 0.2) is 0 Å². The number of nitrogens with zero attached hydrogens (tertiary/aromatic N) is 1. The van der Waals surface area contributed by atoms with Crippen molar-refractivity contribution < 1.29 is 0 Å². The van der Waals surface area contributed by atoms with Crippen LogP contribution in [-0.4, -0.2) is 0 Å². The van der Waals surface area contributed by atoms with Gasteiger partial charge in [-0.3, -0.25) is 0 Å². The van der Waals surface area contributed by atoms with Crippen molar-refractivity contribution in [3.63, 3.8) is 0 Å². The summed E-state index contributed by atoms with van der Waals surface area (Å²) < 4.78 is 0. The Kier molecular flexibility index (Phi) is 4.89. The Morgan fingerprint density at radius 1 is 0.882 bits per heavy atom. The maximum Gasteiger partial charge on any atom is 0.0655 e. The third kappa shape index (κ3) is 3.47. The summed E-state index contributed by atoms with van der Waals surface area (Å²) in [6.07, 6.45) is 13.8. The maximum absolute atomic E-state index is 8.93. The fourth-order valence-corrected chi connectivity index (χ4v) is 4.08. The number of hydrogen-bond acceptors (Lipinski definition) is 1. The summed E-state index contributed by atoms with van der Waals surface area (Å²) in [4.78, 5) is 0. The molecule has 1 heteroatoms. The van der Waals surface area contributed by atoms with Gasteiger partial charge in [-0.1, -0.05) is 32.6 Å². The second kappa shape index (κ2) is 6.43. The van der Waals surface area contributed by atoms with Crippen LogP contribution in [0.1, 0.15) is 71.1 Å². The van der Waals surface area contributed by atoms with Crippen molar-refractivity contribution in [2.75, 3.05) is 0 Å². The molecule has 0 N–H and O–H groups in total. The smallest absolute Gasteiger partial charge is 0.0655 e. The topological polar surface area (TPSA) is 23.8 Å². The van der Waals surface area contributed by atoms with Gasteiger partial charge in [0.15, 0.2) is 0 Å². The lowest BCUT2D eigenvalue weighted by Crippen LogP contribution is -2.25. The summed E-state index contributed by atoms with van der Waals surface area (Å²) in [5, 5.41) is 8.93. The first-order valence-corrected chi connectivity index (χ1v) is 7.73. The predicted octanol–water partition coefficient (Wildman–Crippen LogP) is 4.92. The van der Waals surface area contributed by atoms with Gasteiger partial charge in [-0.05, 0) is 56.3 Å². The second-order valence-corrected chi connectivity index (χ2v) is 6.31. The molecule has 2 aliphatic rings. The van der Waals surface area contributed by atoms with Gasteiger partial charge < -0.3 is 0 Å². The highest BCUT2D eigenvalue weighted by atomic mass is 14.4. The van der Waals surface area contributed by atoms with Crippen LogP contribution in [0.5, 0.6) is 0 Å². The van der Waals surface area contributed by atoms with Crippen LogP contribution in [0.25, 0.3) is 0 Å². The van der Waals surface area contributed by atoms with Crippen LogP contribution in [0.4, 0.5) is 0 Å². The zero-order valence-electron chi connectivity index (χ0n) is 11.3. The first-order chi connectivity index (χ1) is 8.33. The molecule has 0 radical (unpaired) electrons. The van der Waals surface area contributed by atoms with E-state index in [2.05, 4.69) is 13.0 Å². The van der Waals surface area contributed by atoms with E-state index in [0.29, 0.717) is 5.92 Å². The predicted molar refractivity (Wildman–Crippen MR) is 71.4 cm³/mol. The standard InChI is InChI=1S/C16H27N/c1-2-3-13-4-8-15(9-5-13)16-10-6-14(12-17)7-11-16/h13-16H,2-11H2,1H3/t13?,14-,15?,16-. The van der Waals surface area contributed by atoms with Crippen LogP contribution < -0.4 is 0 Å². The summed E-state index contributed by atoms with van der Waals surface area (Å²) in [5.74, 6) is 3.37. The molecule has 96 valence electrons. The van der Waals surface area contributed by atoms with Gasteiger partial charge in [0.25, 0.3) is 0 Å². The minimum absolute atomic E-state index is 0.377. The lowest BCUT2D eigenvalue weighted by Gasteiger charge is -2.36. The molecule has 17 heavy (non-hydrogen) atoms. The molecule has 0 atom stereocenters. The Bertz CT molecular complexity index is 249. The molecule has 0 aromatic heterocycles. The Morgan fingerprint density at radius 2 is 1.41 bits per heavy atom. The minimum Gasteiger partial charge on any atom is -0.198 e. The summed E-state index contributed by atoms with van der Waals surface area (Å²) >= 11 is 0. The van der Waals surface area contributed by atoms with Crippen molar-refractivity contribution in [3.05, 3.63) is 0 Å². The zero-order chi connectivity index (χ0) is 12.1. The molecule has 2 saturated carbocycles. The van der Waals surface area contributed by atoms with Gasteiger partial charge >= 0.3 is 0 Å². The van der Waals surface area contributed by atoms with E-state index in [9.17, 15) is 0 Å². The van der Waals surface area contributed by atoms with Crippen LogP contribution in [0.3, 0.4) is 0 Å². The van der Waals surface area contributed by atoms with Crippen LogP contribution in [-0.2, 0) is 0 Å². The van der Waals surface area contributed by atoms with Crippen LogP contribution >= 0.6 is 0 Å². The maximum atomic E-state index is 8.93. The molecule has 0 saturated heterocycles. The monoisotopic (exact) mass is 233 g/mol.